The first-order valence-electron chi connectivity index (χ1n) is 6.33. The highest BCUT2D eigenvalue weighted by Gasteiger charge is 2.18. The third kappa shape index (κ3) is 4.16. The summed E-state index contributed by atoms with van der Waals surface area (Å²) in [4.78, 5) is 26.8. The average Bonchev–Trinajstić information content (AvgIpc) is 2.94. The molecule has 0 bridgehead atoms. The maximum atomic E-state index is 11.9. The topological polar surface area (TPSA) is 61.2 Å². The van der Waals surface area contributed by atoms with Crippen molar-refractivity contribution in [2.24, 2.45) is 0 Å². The fourth-order valence-corrected chi connectivity index (χ4v) is 1.90. The Hall–Kier alpha value is -2.14. The van der Waals surface area contributed by atoms with Crippen LogP contribution < -0.4 is 0 Å². The number of Topliss-reactive ketones (excluding diaryl/α,β-unsaturated/α-hetero) is 1. The van der Waals surface area contributed by atoms with E-state index in [-0.39, 0.29) is 30.8 Å². The predicted octanol–water partition coefficient (Wildman–Crippen LogP) is 2.66. The molecular formula is C15H17ClN2O3. The molecule has 1 atom stereocenters. The van der Waals surface area contributed by atoms with Crippen molar-refractivity contribution in [1.82, 2.24) is 9.55 Å². The summed E-state index contributed by atoms with van der Waals surface area (Å²) < 4.78 is 6.66. The Labute approximate surface area is 129 Å². The molecule has 0 unspecified atom stereocenters. The van der Waals surface area contributed by atoms with Gasteiger partial charge >= 0.3 is 5.97 Å². The lowest BCUT2D eigenvalue weighted by atomic mass is 10.1. The second-order valence-corrected chi connectivity index (χ2v) is 4.55. The minimum atomic E-state index is -0.541. The maximum Gasteiger partial charge on any atom is 0.357 e. The number of carbonyl (C=O) groups excluding carboxylic acids is 2. The number of aromatic nitrogens is 2. The van der Waals surface area contributed by atoms with Crippen LogP contribution in [0.5, 0.6) is 0 Å². The molecule has 0 fully saturated rings. The quantitative estimate of drug-likeness (QED) is 0.797. The minimum Gasteiger partial charge on any atom is -0.453 e. The van der Waals surface area contributed by atoms with Crippen LogP contribution in [-0.2, 0) is 9.53 Å². The number of rotatable bonds is 5. The van der Waals surface area contributed by atoms with Gasteiger partial charge in [-0.25, -0.2) is 9.78 Å². The molecule has 0 N–H and O–H groups in total. The molecule has 0 saturated carbocycles. The molecule has 2 aromatic rings. The molecule has 112 valence electrons. The van der Waals surface area contributed by atoms with Crippen molar-refractivity contribution in [2.45, 2.75) is 19.9 Å². The van der Waals surface area contributed by atoms with Crippen LogP contribution >= 0.6 is 12.4 Å². The van der Waals surface area contributed by atoms with Gasteiger partial charge < -0.3 is 9.30 Å². The first-order chi connectivity index (χ1) is 9.59. The van der Waals surface area contributed by atoms with Gasteiger partial charge in [0.25, 0.3) is 0 Å². The van der Waals surface area contributed by atoms with Crippen molar-refractivity contribution in [3.63, 3.8) is 0 Å². The molecule has 0 saturated heterocycles. The Bertz CT molecular complexity index is 610. The number of esters is 1. The third-order valence-electron chi connectivity index (χ3n) is 2.98. The van der Waals surface area contributed by atoms with Gasteiger partial charge in [-0.05, 0) is 19.4 Å². The zero-order chi connectivity index (χ0) is 14.5. The number of hydrogen-bond donors (Lipinski definition) is 0. The van der Waals surface area contributed by atoms with Gasteiger partial charge in [-0.2, -0.15) is 0 Å². The van der Waals surface area contributed by atoms with E-state index in [1.54, 1.807) is 10.9 Å². The zero-order valence-corrected chi connectivity index (χ0v) is 12.7. The normalized spacial score (nSPS) is 11.3. The summed E-state index contributed by atoms with van der Waals surface area (Å²) in [5, 5.41) is 0. The number of benzene rings is 1. The van der Waals surface area contributed by atoms with Crippen LogP contribution in [0, 0.1) is 0 Å². The van der Waals surface area contributed by atoms with Crippen LogP contribution in [0.25, 0.3) is 0 Å². The summed E-state index contributed by atoms with van der Waals surface area (Å²) in [6.45, 7) is 3.12. The molecule has 21 heavy (non-hydrogen) atoms. The Balaban J connectivity index is 0.00000220. The molecule has 0 aliphatic heterocycles. The monoisotopic (exact) mass is 308 g/mol. The minimum absolute atomic E-state index is 0. The molecule has 6 heteroatoms. The molecule has 0 aliphatic rings. The first kappa shape index (κ1) is 16.9. The summed E-state index contributed by atoms with van der Waals surface area (Å²) in [6, 6.07) is 9.74. The van der Waals surface area contributed by atoms with Crippen molar-refractivity contribution in [3.8, 4) is 0 Å². The van der Waals surface area contributed by atoms with Gasteiger partial charge in [-0.15, -0.1) is 12.4 Å². The summed E-state index contributed by atoms with van der Waals surface area (Å²) >= 11 is 0. The largest absolute Gasteiger partial charge is 0.453 e. The number of imidazole rings is 1. The molecule has 0 aliphatic carbocycles. The molecule has 1 heterocycles. The first-order valence-corrected chi connectivity index (χ1v) is 6.33. The summed E-state index contributed by atoms with van der Waals surface area (Å²) in [5.74, 6) is -0.735. The maximum absolute atomic E-state index is 11.9. The fourth-order valence-electron chi connectivity index (χ4n) is 1.90. The van der Waals surface area contributed by atoms with E-state index in [1.165, 1.54) is 13.1 Å². The van der Waals surface area contributed by atoms with E-state index in [0.29, 0.717) is 5.69 Å². The molecule has 0 radical (unpaired) electrons. The lowest BCUT2D eigenvalue weighted by molar-refractivity contribution is -0.120. The SMILES string of the molecule is CC(=O)COC(=O)c1cncn1[C@H](C)c1ccccc1.Cl. The van der Waals surface area contributed by atoms with E-state index in [4.69, 9.17) is 4.74 Å². The van der Waals surface area contributed by atoms with E-state index < -0.39 is 5.97 Å². The van der Waals surface area contributed by atoms with Gasteiger partial charge in [-0.1, -0.05) is 30.3 Å². The highest BCUT2D eigenvalue weighted by molar-refractivity contribution is 5.89. The number of ketones is 1. The second-order valence-electron chi connectivity index (χ2n) is 4.55. The Kier molecular flexibility index (Phi) is 6.11. The van der Waals surface area contributed by atoms with E-state index in [0.717, 1.165) is 5.56 Å². The van der Waals surface area contributed by atoms with E-state index in [1.807, 2.05) is 37.3 Å². The average molecular weight is 309 g/mol. The van der Waals surface area contributed by atoms with Crippen LogP contribution in [0.1, 0.15) is 35.9 Å². The van der Waals surface area contributed by atoms with Crippen LogP contribution in [0.3, 0.4) is 0 Å². The van der Waals surface area contributed by atoms with Crippen LogP contribution in [-0.4, -0.2) is 27.9 Å². The number of ether oxygens (including phenoxy) is 1. The molecule has 0 spiro atoms. The zero-order valence-electron chi connectivity index (χ0n) is 11.9. The Morgan fingerprint density at radius 1 is 1.29 bits per heavy atom. The van der Waals surface area contributed by atoms with Gasteiger partial charge in [0.2, 0.25) is 0 Å². The highest BCUT2D eigenvalue weighted by atomic mass is 35.5. The van der Waals surface area contributed by atoms with E-state index >= 15 is 0 Å². The van der Waals surface area contributed by atoms with Gasteiger partial charge in [0.15, 0.2) is 5.78 Å². The predicted molar refractivity (Wildman–Crippen MR) is 80.7 cm³/mol. The number of carbonyl (C=O) groups is 2. The van der Waals surface area contributed by atoms with Gasteiger partial charge in [0.05, 0.1) is 18.6 Å². The van der Waals surface area contributed by atoms with Gasteiger partial charge in [-0.3, -0.25) is 4.79 Å². The molecule has 2 rings (SSSR count). The Morgan fingerprint density at radius 2 is 1.95 bits per heavy atom. The molecule has 1 aromatic heterocycles. The summed E-state index contributed by atoms with van der Waals surface area (Å²) in [7, 11) is 0. The van der Waals surface area contributed by atoms with Crippen LogP contribution in [0.15, 0.2) is 42.9 Å². The van der Waals surface area contributed by atoms with Crippen molar-refractivity contribution in [2.75, 3.05) is 6.61 Å². The number of halogens is 1. The van der Waals surface area contributed by atoms with Crippen LogP contribution in [0.2, 0.25) is 0 Å². The molecular weight excluding hydrogens is 292 g/mol. The number of hydrogen-bond acceptors (Lipinski definition) is 4. The summed E-state index contributed by atoms with van der Waals surface area (Å²) in [5.41, 5.74) is 1.40. The molecule has 0 amide bonds. The number of nitrogens with zero attached hydrogens (tertiary/aromatic N) is 2. The van der Waals surface area contributed by atoms with E-state index in [9.17, 15) is 9.59 Å². The van der Waals surface area contributed by atoms with Gasteiger partial charge in [0, 0.05) is 0 Å². The highest BCUT2D eigenvalue weighted by Crippen LogP contribution is 2.19. The lowest BCUT2D eigenvalue weighted by Gasteiger charge is -2.16. The third-order valence-corrected chi connectivity index (χ3v) is 2.98. The lowest BCUT2D eigenvalue weighted by Crippen LogP contribution is -2.17. The van der Waals surface area contributed by atoms with E-state index in [2.05, 4.69) is 4.98 Å². The van der Waals surface area contributed by atoms with Crippen LogP contribution in [0.4, 0.5) is 0 Å². The summed E-state index contributed by atoms with van der Waals surface area (Å²) in [6.07, 6.45) is 3.03. The molecule has 1 aromatic carbocycles. The van der Waals surface area contributed by atoms with Gasteiger partial charge in [0.1, 0.15) is 12.3 Å². The van der Waals surface area contributed by atoms with Crippen molar-refractivity contribution in [3.05, 3.63) is 54.1 Å². The smallest absolute Gasteiger partial charge is 0.357 e. The van der Waals surface area contributed by atoms with Crippen molar-refractivity contribution < 1.29 is 14.3 Å². The second kappa shape index (κ2) is 7.59. The van der Waals surface area contributed by atoms with Crippen molar-refractivity contribution in [1.29, 1.82) is 0 Å². The fraction of sp³-hybridized carbons (Fsp3) is 0.267. The molecule has 5 nitrogen and oxygen atoms in total. The Morgan fingerprint density at radius 3 is 2.57 bits per heavy atom. The van der Waals surface area contributed by atoms with Crippen molar-refractivity contribution >= 4 is 24.2 Å². The standard InChI is InChI=1S/C15H16N2O3.ClH/c1-11(18)9-20-15(19)14-8-16-10-17(14)12(2)13-6-4-3-5-7-13;/h3-8,10,12H,9H2,1-2H3;1H/t12-;/m1./s1.